The van der Waals surface area contributed by atoms with E-state index < -0.39 is 0 Å². The standard InChI is InChI=1S/C22H27N3O3/c1-27-19-9-6-16(7-10-19)12-24-13-17-5-8-18(15-24)25(14-17)22(26)20-4-3-11-23-21(20)28-2/h3-4,6-7,9-11,17-18H,5,8,12-15H2,1-2H3/t17-,18+/m0/s1. The van der Waals surface area contributed by atoms with Crippen molar-refractivity contribution in [3.8, 4) is 11.6 Å². The smallest absolute Gasteiger partial charge is 0.259 e. The van der Waals surface area contributed by atoms with Crippen molar-refractivity contribution in [2.24, 2.45) is 5.92 Å². The summed E-state index contributed by atoms with van der Waals surface area (Å²) in [7, 11) is 3.24. The van der Waals surface area contributed by atoms with Gasteiger partial charge in [-0.2, -0.15) is 0 Å². The Morgan fingerprint density at radius 2 is 1.89 bits per heavy atom. The summed E-state index contributed by atoms with van der Waals surface area (Å²) in [4.78, 5) is 22.0. The average Bonchev–Trinajstić information content (AvgIpc) is 3.04. The molecule has 28 heavy (non-hydrogen) atoms. The van der Waals surface area contributed by atoms with Gasteiger partial charge in [-0.25, -0.2) is 4.98 Å². The van der Waals surface area contributed by atoms with Crippen LogP contribution in [0.15, 0.2) is 42.6 Å². The van der Waals surface area contributed by atoms with Crippen LogP contribution < -0.4 is 9.47 Å². The van der Waals surface area contributed by atoms with Crippen LogP contribution in [0, 0.1) is 5.92 Å². The van der Waals surface area contributed by atoms with Crippen LogP contribution in [0.25, 0.3) is 0 Å². The van der Waals surface area contributed by atoms with Crippen LogP contribution in [0.2, 0.25) is 0 Å². The van der Waals surface area contributed by atoms with Gasteiger partial charge in [-0.3, -0.25) is 9.69 Å². The molecule has 148 valence electrons. The van der Waals surface area contributed by atoms with Gasteiger partial charge < -0.3 is 14.4 Å². The molecule has 6 nitrogen and oxygen atoms in total. The zero-order chi connectivity index (χ0) is 19.5. The predicted molar refractivity (Wildman–Crippen MR) is 107 cm³/mol. The highest BCUT2D eigenvalue weighted by atomic mass is 16.5. The molecular weight excluding hydrogens is 354 g/mol. The number of amides is 1. The van der Waals surface area contributed by atoms with Crippen molar-refractivity contribution in [3.63, 3.8) is 0 Å². The predicted octanol–water partition coefficient (Wildman–Crippen LogP) is 2.84. The molecule has 0 unspecified atom stereocenters. The molecular formula is C22H27N3O3. The molecule has 2 bridgehead atoms. The number of benzene rings is 1. The summed E-state index contributed by atoms with van der Waals surface area (Å²) in [5.41, 5.74) is 1.83. The first-order valence-corrected chi connectivity index (χ1v) is 9.83. The number of rotatable bonds is 5. The van der Waals surface area contributed by atoms with E-state index in [1.54, 1.807) is 26.5 Å². The van der Waals surface area contributed by atoms with Crippen molar-refractivity contribution in [1.29, 1.82) is 0 Å². The first-order chi connectivity index (χ1) is 13.7. The van der Waals surface area contributed by atoms with Crippen LogP contribution in [0.5, 0.6) is 11.6 Å². The summed E-state index contributed by atoms with van der Waals surface area (Å²) in [5, 5.41) is 0. The van der Waals surface area contributed by atoms with Gasteiger partial charge in [0, 0.05) is 38.4 Å². The fraction of sp³-hybridized carbons (Fsp3) is 0.455. The number of fused-ring (bicyclic) bond motifs is 4. The molecule has 3 fully saturated rings. The zero-order valence-electron chi connectivity index (χ0n) is 16.5. The van der Waals surface area contributed by atoms with E-state index >= 15 is 0 Å². The molecule has 1 aromatic carbocycles. The van der Waals surface area contributed by atoms with Crippen LogP contribution in [0.1, 0.15) is 28.8 Å². The van der Waals surface area contributed by atoms with Crippen molar-refractivity contribution >= 4 is 5.91 Å². The fourth-order valence-electron chi connectivity index (χ4n) is 4.42. The van der Waals surface area contributed by atoms with E-state index in [0.717, 1.165) is 38.3 Å². The Kier molecular flexibility index (Phi) is 5.48. The summed E-state index contributed by atoms with van der Waals surface area (Å²) >= 11 is 0. The molecule has 0 radical (unpaired) electrons. The maximum absolute atomic E-state index is 13.2. The van der Waals surface area contributed by atoms with E-state index in [4.69, 9.17) is 9.47 Å². The van der Waals surface area contributed by atoms with Gasteiger partial charge in [0.1, 0.15) is 11.3 Å². The molecule has 5 rings (SSSR count). The van der Waals surface area contributed by atoms with Crippen molar-refractivity contribution < 1.29 is 14.3 Å². The minimum absolute atomic E-state index is 0.0333. The normalized spacial score (nSPS) is 22.0. The van der Waals surface area contributed by atoms with E-state index in [2.05, 4.69) is 22.0 Å². The van der Waals surface area contributed by atoms with Crippen molar-refractivity contribution in [3.05, 3.63) is 53.7 Å². The Morgan fingerprint density at radius 3 is 2.64 bits per heavy atom. The third-order valence-corrected chi connectivity index (χ3v) is 5.81. The Hall–Kier alpha value is -2.60. The van der Waals surface area contributed by atoms with Gasteiger partial charge in [0.05, 0.1) is 14.2 Å². The monoisotopic (exact) mass is 381 g/mol. The molecule has 4 heterocycles. The lowest BCUT2D eigenvalue weighted by Gasteiger charge is -2.36. The molecule has 2 atom stereocenters. The lowest BCUT2D eigenvalue weighted by atomic mass is 9.94. The second-order valence-electron chi connectivity index (χ2n) is 7.66. The molecule has 1 amide bonds. The van der Waals surface area contributed by atoms with Crippen LogP contribution in [0.4, 0.5) is 0 Å². The first-order valence-electron chi connectivity index (χ1n) is 9.83. The highest BCUT2D eigenvalue weighted by molar-refractivity contribution is 5.96. The number of carbonyl (C=O) groups is 1. The summed E-state index contributed by atoms with van der Waals surface area (Å²) in [6.07, 6.45) is 3.89. The third kappa shape index (κ3) is 3.83. The fourth-order valence-corrected chi connectivity index (χ4v) is 4.42. The van der Waals surface area contributed by atoms with Crippen molar-refractivity contribution in [2.45, 2.75) is 25.4 Å². The average molecular weight is 381 g/mol. The number of hydrogen-bond acceptors (Lipinski definition) is 5. The quantitative estimate of drug-likeness (QED) is 0.797. The zero-order valence-corrected chi connectivity index (χ0v) is 16.5. The van der Waals surface area contributed by atoms with E-state index in [-0.39, 0.29) is 11.9 Å². The summed E-state index contributed by atoms with van der Waals surface area (Å²) < 4.78 is 10.6. The van der Waals surface area contributed by atoms with Gasteiger partial charge in [0.2, 0.25) is 5.88 Å². The maximum Gasteiger partial charge on any atom is 0.259 e. The van der Waals surface area contributed by atoms with E-state index in [0.29, 0.717) is 17.4 Å². The van der Waals surface area contributed by atoms with Gasteiger partial charge in [-0.15, -0.1) is 0 Å². The Labute approximate surface area is 166 Å². The summed E-state index contributed by atoms with van der Waals surface area (Å²) in [5.74, 6) is 1.82. The van der Waals surface area contributed by atoms with Gasteiger partial charge in [0.25, 0.3) is 5.91 Å². The second-order valence-corrected chi connectivity index (χ2v) is 7.66. The molecule has 3 saturated heterocycles. The number of hydrogen-bond donors (Lipinski definition) is 0. The lowest BCUT2D eigenvalue weighted by Crippen LogP contribution is -2.47. The van der Waals surface area contributed by atoms with Crippen molar-refractivity contribution in [2.75, 3.05) is 33.9 Å². The second kappa shape index (κ2) is 8.19. The molecule has 3 aliphatic heterocycles. The molecule has 3 aliphatic rings. The van der Waals surface area contributed by atoms with Crippen LogP contribution >= 0.6 is 0 Å². The van der Waals surface area contributed by atoms with Gasteiger partial charge in [0.15, 0.2) is 0 Å². The number of pyridine rings is 1. The van der Waals surface area contributed by atoms with Crippen LogP contribution in [-0.2, 0) is 6.54 Å². The number of carbonyl (C=O) groups excluding carboxylic acids is 1. The molecule has 0 spiro atoms. The molecule has 2 aromatic rings. The Morgan fingerprint density at radius 1 is 1.07 bits per heavy atom. The number of aromatic nitrogens is 1. The SMILES string of the molecule is COc1ccc(CN2C[C@@H]3CC[C@H](C2)N(C(=O)c2cccnc2OC)C3)cc1. The highest BCUT2D eigenvalue weighted by Crippen LogP contribution is 2.31. The highest BCUT2D eigenvalue weighted by Gasteiger charge is 2.38. The van der Waals surface area contributed by atoms with E-state index in [1.165, 1.54) is 12.0 Å². The number of nitrogens with zero attached hydrogens (tertiary/aromatic N) is 3. The maximum atomic E-state index is 13.2. The minimum Gasteiger partial charge on any atom is -0.497 e. The van der Waals surface area contributed by atoms with Gasteiger partial charge >= 0.3 is 0 Å². The van der Waals surface area contributed by atoms with Crippen LogP contribution in [-0.4, -0.2) is 60.6 Å². The first kappa shape index (κ1) is 18.7. The molecule has 0 N–H and O–H groups in total. The molecule has 0 aliphatic carbocycles. The Bertz CT molecular complexity index is 824. The lowest BCUT2D eigenvalue weighted by molar-refractivity contribution is 0.0580. The third-order valence-electron chi connectivity index (χ3n) is 5.81. The number of piperidine rings is 1. The van der Waals surface area contributed by atoms with E-state index in [1.807, 2.05) is 23.1 Å². The topological polar surface area (TPSA) is 54.9 Å². The minimum atomic E-state index is 0.0333. The Balaban J connectivity index is 1.49. The summed E-state index contributed by atoms with van der Waals surface area (Å²) in [6.45, 7) is 3.63. The summed E-state index contributed by atoms with van der Waals surface area (Å²) in [6, 6.07) is 12.1. The van der Waals surface area contributed by atoms with Gasteiger partial charge in [-0.1, -0.05) is 12.1 Å². The van der Waals surface area contributed by atoms with E-state index in [9.17, 15) is 4.79 Å². The molecule has 6 heteroatoms. The van der Waals surface area contributed by atoms with Crippen LogP contribution in [0.3, 0.4) is 0 Å². The molecule has 0 saturated carbocycles. The number of ether oxygens (including phenoxy) is 2. The number of methoxy groups -OCH3 is 2. The van der Waals surface area contributed by atoms with Crippen molar-refractivity contribution in [1.82, 2.24) is 14.8 Å². The largest absolute Gasteiger partial charge is 0.497 e. The van der Waals surface area contributed by atoms with Gasteiger partial charge in [-0.05, 0) is 48.6 Å². The molecule has 1 aromatic heterocycles.